The largest absolute Gasteiger partial charge is 0.744 e. The highest BCUT2D eigenvalue weighted by Crippen LogP contribution is 2.12. The molecule has 0 saturated heterocycles. The lowest BCUT2D eigenvalue weighted by atomic mass is 10.2. The standard InChI is InChI=1S/C10H16N.C7H8O3S/c1-11(2,3)9-10-7-5-4-6-8-10;1-6-4-2-3-5-7(6)11(8,9)10/h4-8H,9H2,1-3H3;2-5H,1H3,(H,8,9,10)/q+1;/p-1. The van der Waals surface area contributed by atoms with Crippen LogP contribution in [0.2, 0.25) is 0 Å². The molecule has 0 fully saturated rings. The first kappa shape index (κ1) is 18.4. The molecule has 0 N–H and O–H groups in total. The summed E-state index contributed by atoms with van der Waals surface area (Å²) in [6.45, 7) is 2.69. The van der Waals surface area contributed by atoms with Gasteiger partial charge in [0.15, 0.2) is 0 Å². The summed E-state index contributed by atoms with van der Waals surface area (Å²) < 4.78 is 32.5. The quantitative estimate of drug-likeness (QED) is 0.645. The van der Waals surface area contributed by atoms with Crippen molar-refractivity contribution in [3.63, 3.8) is 0 Å². The maximum absolute atomic E-state index is 10.5. The average Bonchev–Trinajstić information content (AvgIpc) is 2.38. The molecule has 0 aliphatic heterocycles. The minimum absolute atomic E-state index is 0.139. The second kappa shape index (κ2) is 7.54. The molecule has 0 bridgehead atoms. The van der Waals surface area contributed by atoms with Crippen molar-refractivity contribution >= 4 is 10.1 Å². The molecule has 0 saturated carbocycles. The maximum Gasteiger partial charge on any atom is 0.124 e. The fourth-order valence-electron chi connectivity index (χ4n) is 1.97. The fraction of sp³-hybridized carbons (Fsp3) is 0.294. The average molecular weight is 321 g/mol. The van der Waals surface area contributed by atoms with Crippen molar-refractivity contribution in [3.05, 3.63) is 65.7 Å². The molecule has 2 rings (SSSR count). The van der Waals surface area contributed by atoms with Crippen LogP contribution in [0.1, 0.15) is 11.1 Å². The van der Waals surface area contributed by atoms with Gasteiger partial charge in [0.25, 0.3) is 0 Å². The van der Waals surface area contributed by atoms with E-state index in [4.69, 9.17) is 0 Å². The summed E-state index contributed by atoms with van der Waals surface area (Å²) in [5, 5.41) is 0. The third kappa shape index (κ3) is 6.85. The molecule has 0 unspecified atom stereocenters. The van der Waals surface area contributed by atoms with Gasteiger partial charge in [-0.1, -0.05) is 48.5 Å². The van der Waals surface area contributed by atoms with E-state index in [2.05, 4.69) is 51.5 Å². The molecule has 5 heteroatoms. The van der Waals surface area contributed by atoms with Crippen molar-refractivity contribution in [3.8, 4) is 0 Å². The lowest BCUT2D eigenvalue weighted by molar-refractivity contribution is -0.884. The van der Waals surface area contributed by atoms with Crippen molar-refractivity contribution in [2.75, 3.05) is 21.1 Å². The second-order valence-electron chi connectivity index (χ2n) is 6.15. The van der Waals surface area contributed by atoms with Gasteiger partial charge >= 0.3 is 0 Å². The Morgan fingerprint density at radius 2 is 1.41 bits per heavy atom. The van der Waals surface area contributed by atoms with Crippen molar-refractivity contribution in [2.45, 2.75) is 18.4 Å². The molecule has 0 heterocycles. The summed E-state index contributed by atoms with van der Waals surface area (Å²) in [6.07, 6.45) is 0. The Balaban J connectivity index is 0.000000220. The smallest absolute Gasteiger partial charge is 0.124 e. The van der Waals surface area contributed by atoms with E-state index < -0.39 is 10.1 Å². The third-order valence-electron chi connectivity index (χ3n) is 2.86. The highest BCUT2D eigenvalue weighted by molar-refractivity contribution is 7.85. The molecule has 2 aromatic carbocycles. The first-order valence-corrected chi connectivity index (χ1v) is 8.36. The zero-order valence-corrected chi connectivity index (χ0v) is 14.3. The van der Waals surface area contributed by atoms with E-state index >= 15 is 0 Å². The fourth-order valence-corrected chi connectivity index (χ4v) is 2.68. The number of hydrogen-bond acceptors (Lipinski definition) is 3. The SMILES string of the molecule is C[N+](C)(C)Cc1ccccc1.Cc1ccccc1S(=O)(=O)[O-]. The molecule has 120 valence electrons. The van der Waals surface area contributed by atoms with Crippen LogP contribution >= 0.6 is 0 Å². The Morgan fingerprint density at radius 3 is 1.82 bits per heavy atom. The molecule has 22 heavy (non-hydrogen) atoms. The minimum Gasteiger partial charge on any atom is -0.744 e. The molecule has 2 aromatic rings. The summed E-state index contributed by atoms with van der Waals surface area (Å²) in [6, 6.07) is 16.7. The van der Waals surface area contributed by atoms with Crippen LogP contribution in [-0.4, -0.2) is 38.6 Å². The van der Waals surface area contributed by atoms with Gasteiger partial charge in [0.2, 0.25) is 0 Å². The maximum atomic E-state index is 10.5. The second-order valence-corrected chi connectivity index (χ2v) is 7.50. The zero-order chi connectivity index (χ0) is 16.8. The van der Waals surface area contributed by atoms with Gasteiger partial charge in [0.05, 0.1) is 26.0 Å². The minimum atomic E-state index is -4.28. The first-order chi connectivity index (χ1) is 10.1. The number of hydrogen-bond donors (Lipinski definition) is 0. The molecule has 0 aromatic heterocycles. The lowest BCUT2D eigenvalue weighted by Gasteiger charge is -2.23. The van der Waals surface area contributed by atoms with Gasteiger partial charge in [-0.25, -0.2) is 8.42 Å². The highest BCUT2D eigenvalue weighted by atomic mass is 32.2. The van der Waals surface area contributed by atoms with Crippen LogP contribution in [0.4, 0.5) is 0 Å². The van der Waals surface area contributed by atoms with Gasteiger partial charge in [0.1, 0.15) is 16.7 Å². The van der Waals surface area contributed by atoms with Crippen molar-refractivity contribution in [1.82, 2.24) is 0 Å². The molecule has 0 spiro atoms. The van der Waals surface area contributed by atoms with Gasteiger partial charge in [-0.2, -0.15) is 0 Å². The number of benzene rings is 2. The van der Waals surface area contributed by atoms with E-state index in [-0.39, 0.29) is 4.90 Å². The number of rotatable bonds is 3. The normalized spacial score (nSPS) is 11.5. The van der Waals surface area contributed by atoms with Gasteiger partial charge < -0.3 is 9.04 Å². The van der Waals surface area contributed by atoms with Crippen LogP contribution in [0.15, 0.2) is 59.5 Å². The summed E-state index contributed by atoms with van der Waals surface area (Å²) >= 11 is 0. The molecule has 0 radical (unpaired) electrons. The summed E-state index contributed by atoms with van der Waals surface area (Å²) in [5.41, 5.74) is 1.89. The first-order valence-electron chi connectivity index (χ1n) is 6.95. The Labute approximate surface area is 133 Å². The number of quaternary nitrogens is 1. The van der Waals surface area contributed by atoms with Crippen LogP contribution in [0.5, 0.6) is 0 Å². The molecule has 0 aliphatic rings. The van der Waals surface area contributed by atoms with E-state index in [1.165, 1.54) is 17.7 Å². The lowest BCUT2D eigenvalue weighted by Crippen LogP contribution is -2.33. The topological polar surface area (TPSA) is 57.2 Å². The monoisotopic (exact) mass is 321 g/mol. The van der Waals surface area contributed by atoms with E-state index in [1.54, 1.807) is 19.1 Å². The Bertz CT molecular complexity index is 689. The summed E-state index contributed by atoms with van der Waals surface area (Å²) in [7, 11) is 2.32. The van der Waals surface area contributed by atoms with E-state index in [9.17, 15) is 13.0 Å². The van der Waals surface area contributed by atoms with Crippen LogP contribution in [-0.2, 0) is 16.7 Å². The van der Waals surface area contributed by atoms with E-state index in [1.807, 2.05) is 0 Å². The van der Waals surface area contributed by atoms with Crippen molar-refractivity contribution < 1.29 is 17.5 Å². The van der Waals surface area contributed by atoms with Crippen molar-refractivity contribution in [1.29, 1.82) is 0 Å². The predicted octanol–water partition coefficient (Wildman–Crippen LogP) is 2.79. The van der Waals surface area contributed by atoms with E-state index in [0.29, 0.717) is 5.56 Å². The molecular weight excluding hydrogens is 298 g/mol. The number of aryl methyl sites for hydroxylation is 1. The molecular formula is C17H23NO3S. The molecule has 4 nitrogen and oxygen atoms in total. The van der Waals surface area contributed by atoms with Crippen LogP contribution in [0, 0.1) is 6.92 Å². The molecule has 0 amide bonds. The zero-order valence-electron chi connectivity index (χ0n) is 13.5. The Kier molecular flexibility index (Phi) is 6.29. The Morgan fingerprint density at radius 1 is 0.909 bits per heavy atom. The number of nitrogens with zero attached hydrogens (tertiary/aromatic N) is 1. The molecule has 0 atom stereocenters. The van der Waals surface area contributed by atoms with Gasteiger partial charge in [-0.15, -0.1) is 0 Å². The van der Waals surface area contributed by atoms with Gasteiger partial charge in [-0.3, -0.25) is 0 Å². The summed E-state index contributed by atoms with van der Waals surface area (Å²) in [5.74, 6) is 0. The third-order valence-corrected chi connectivity index (χ3v) is 3.86. The summed E-state index contributed by atoms with van der Waals surface area (Å²) in [4.78, 5) is -0.139. The Hall–Kier alpha value is -1.69. The van der Waals surface area contributed by atoms with Gasteiger partial charge in [-0.05, 0) is 18.6 Å². The van der Waals surface area contributed by atoms with Crippen molar-refractivity contribution in [2.24, 2.45) is 0 Å². The van der Waals surface area contributed by atoms with Crippen LogP contribution < -0.4 is 0 Å². The molecule has 0 aliphatic carbocycles. The van der Waals surface area contributed by atoms with Gasteiger partial charge in [0, 0.05) is 5.56 Å². The highest BCUT2D eigenvalue weighted by Gasteiger charge is 2.06. The predicted molar refractivity (Wildman–Crippen MR) is 87.3 cm³/mol. The van der Waals surface area contributed by atoms with Crippen LogP contribution in [0.3, 0.4) is 0 Å². The van der Waals surface area contributed by atoms with E-state index in [0.717, 1.165) is 11.0 Å². The van der Waals surface area contributed by atoms with Crippen LogP contribution in [0.25, 0.3) is 0 Å².